The Labute approximate surface area is 172 Å². The third kappa shape index (κ3) is 4.20. The number of carbonyl (C=O) groups excluding carboxylic acids is 2. The van der Waals surface area contributed by atoms with E-state index in [1.165, 1.54) is 44.7 Å². The molecule has 1 aromatic carbocycles. The summed E-state index contributed by atoms with van der Waals surface area (Å²) in [5.41, 5.74) is 1.01. The average Bonchev–Trinajstić information content (AvgIpc) is 2.93. The van der Waals surface area contributed by atoms with Crippen molar-refractivity contribution in [1.29, 1.82) is 0 Å². The number of halogens is 1. The lowest BCUT2D eigenvalue weighted by molar-refractivity contribution is -0.0258. The highest BCUT2D eigenvalue weighted by molar-refractivity contribution is 7.89. The number of benzene rings is 1. The van der Waals surface area contributed by atoms with Crippen molar-refractivity contribution in [3.63, 3.8) is 0 Å². The van der Waals surface area contributed by atoms with Gasteiger partial charge in [-0.1, -0.05) is 16.1 Å². The Hall–Kier alpha value is -1.98. The van der Waals surface area contributed by atoms with Crippen LogP contribution in [0, 0.1) is 13.8 Å². The van der Waals surface area contributed by atoms with Crippen LogP contribution in [-0.2, 0) is 19.6 Å². The molecule has 0 saturated heterocycles. The monoisotopic (exact) mass is 446 g/mol. The number of hydroxylamine groups is 1. The van der Waals surface area contributed by atoms with Crippen molar-refractivity contribution in [3.05, 3.63) is 44.8 Å². The molecular weight excluding hydrogens is 428 g/mol. The molecule has 0 saturated carbocycles. The summed E-state index contributed by atoms with van der Waals surface area (Å²) < 4.78 is 30.4. The quantitative estimate of drug-likeness (QED) is 0.539. The zero-order valence-electron chi connectivity index (χ0n) is 15.8. The number of amides is 1. The van der Waals surface area contributed by atoms with Crippen molar-refractivity contribution in [1.82, 2.24) is 4.47 Å². The van der Waals surface area contributed by atoms with Gasteiger partial charge in [-0.25, -0.2) is 13.2 Å². The van der Waals surface area contributed by atoms with E-state index in [1.54, 1.807) is 6.92 Å². The molecule has 0 fully saturated rings. The van der Waals surface area contributed by atoms with Crippen molar-refractivity contribution in [2.75, 3.05) is 26.6 Å². The zero-order valence-corrected chi connectivity index (χ0v) is 18.2. The van der Waals surface area contributed by atoms with Gasteiger partial charge >= 0.3 is 5.97 Å². The number of hydrogen-bond acceptors (Lipinski definition) is 7. The number of nitrogens with one attached hydrogen (secondary N) is 1. The second-order valence-corrected chi connectivity index (χ2v) is 9.21. The van der Waals surface area contributed by atoms with E-state index < -0.39 is 21.9 Å². The topological polar surface area (TPSA) is 102 Å². The number of thiophene rings is 1. The summed E-state index contributed by atoms with van der Waals surface area (Å²) in [6, 6.07) is 3.83. The van der Waals surface area contributed by atoms with Crippen molar-refractivity contribution >= 4 is 49.8 Å². The predicted molar refractivity (Wildman–Crippen MR) is 106 cm³/mol. The second kappa shape index (κ2) is 8.58. The highest BCUT2D eigenvalue weighted by Gasteiger charge is 2.26. The van der Waals surface area contributed by atoms with Crippen LogP contribution in [0.5, 0.6) is 0 Å². The standard InChI is InChI=1S/C17H19ClN2O6S2/c1-9-10(2)27-16(14(9)17(22)25-4)19-15(21)11-6-7-12(18)13(8-11)28(23,24)20(3)26-5/h6-8H,1-5H3,(H,19,21). The Morgan fingerprint density at radius 2 is 1.86 bits per heavy atom. The third-order valence-corrected chi connectivity index (χ3v) is 7.35. The molecule has 1 aromatic heterocycles. The fourth-order valence-corrected chi connectivity index (χ4v) is 4.83. The predicted octanol–water partition coefficient (Wildman–Crippen LogP) is 3.24. The fourth-order valence-electron chi connectivity index (χ4n) is 2.32. The van der Waals surface area contributed by atoms with Gasteiger partial charge in [0.05, 0.1) is 24.8 Å². The number of nitrogens with zero attached hydrogens (tertiary/aromatic N) is 1. The number of hydrogen-bond donors (Lipinski definition) is 1. The molecule has 11 heteroatoms. The molecule has 1 heterocycles. The number of methoxy groups -OCH3 is 1. The van der Waals surface area contributed by atoms with Gasteiger partial charge in [-0.15, -0.1) is 11.3 Å². The summed E-state index contributed by atoms with van der Waals surface area (Å²) in [5.74, 6) is -1.17. The van der Waals surface area contributed by atoms with Gasteiger partial charge in [0.15, 0.2) is 0 Å². The van der Waals surface area contributed by atoms with Gasteiger partial charge in [0, 0.05) is 17.5 Å². The normalized spacial score (nSPS) is 11.5. The van der Waals surface area contributed by atoms with Crippen LogP contribution < -0.4 is 5.32 Å². The number of anilines is 1. The lowest BCUT2D eigenvalue weighted by Gasteiger charge is -2.15. The summed E-state index contributed by atoms with van der Waals surface area (Å²) in [6.07, 6.45) is 0. The lowest BCUT2D eigenvalue weighted by Crippen LogP contribution is -2.26. The molecule has 0 unspecified atom stereocenters. The van der Waals surface area contributed by atoms with Gasteiger partial charge in [0.25, 0.3) is 15.9 Å². The Kier molecular flexibility index (Phi) is 6.84. The van der Waals surface area contributed by atoms with E-state index in [2.05, 4.69) is 5.32 Å². The SMILES string of the molecule is COC(=O)c1c(NC(=O)c2ccc(Cl)c(S(=O)(=O)N(C)OC)c2)sc(C)c1C. The number of ether oxygens (including phenoxy) is 1. The summed E-state index contributed by atoms with van der Waals surface area (Å²) >= 11 is 7.23. The van der Waals surface area contributed by atoms with E-state index in [1.807, 2.05) is 6.92 Å². The third-order valence-electron chi connectivity index (χ3n) is 4.07. The molecule has 28 heavy (non-hydrogen) atoms. The number of carbonyl (C=O) groups is 2. The first-order valence-corrected chi connectivity index (χ1v) is 10.5. The van der Waals surface area contributed by atoms with E-state index in [9.17, 15) is 18.0 Å². The van der Waals surface area contributed by atoms with Crippen molar-refractivity contribution in [3.8, 4) is 0 Å². The van der Waals surface area contributed by atoms with Crippen LogP contribution >= 0.6 is 22.9 Å². The van der Waals surface area contributed by atoms with Gasteiger partial charge < -0.3 is 10.1 Å². The summed E-state index contributed by atoms with van der Waals surface area (Å²) in [7, 11) is -0.397. The van der Waals surface area contributed by atoms with Crippen LogP contribution in [0.2, 0.25) is 5.02 Å². The molecule has 0 aliphatic carbocycles. The van der Waals surface area contributed by atoms with Gasteiger partial charge in [-0.3, -0.25) is 9.63 Å². The zero-order chi connectivity index (χ0) is 21.2. The van der Waals surface area contributed by atoms with Crippen molar-refractivity contribution in [2.45, 2.75) is 18.7 Å². The molecule has 1 N–H and O–H groups in total. The number of rotatable bonds is 6. The maximum absolute atomic E-state index is 12.7. The minimum Gasteiger partial charge on any atom is -0.465 e. The maximum Gasteiger partial charge on any atom is 0.341 e. The van der Waals surface area contributed by atoms with E-state index in [4.69, 9.17) is 21.2 Å². The minimum absolute atomic E-state index is 0.0481. The highest BCUT2D eigenvalue weighted by Crippen LogP contribution is 2.33. The Bertz CT molecular complexity index is 1030. The molecule has 8 nitrogen and oxygen atoms in total. The first-order valence-electron chi connectivity index (χ1n) is 7.86. The van der Waals surface area contributed by atoms with Crippen LogP contribution in [0.1, 0.15) is 31.2 Å². The molecule has 0 aliphatic heterocycles. The fraction of sp³-hybridized carbons (Fsp3) is 0.294. The van der Waals surface area contributed by atoms with E-state index in [0.717, 1.165) is 10.9 Å². The smallest absolute Gasteiger partial charge is 0.341 e. The molecule has 2 rings (SSSR count). The Morgan fingerprint density at radius 3 is 2.43 bits per heavy atom. The second-order valence-electron chi connectivity index (χ2n) is 5.68. The van der Waals surface area contributed by atoms with E-state index in [-0.39, 0.29) is 21.0 Å². The average molecular weight is 447 g/mol. The summed E-state index contributed by atoms with van der Waals surface area (Å²) in [6.45, 7) is 3.57. The van der Waals surface area contributed by atoms with Crippen molar-refractivity contribution in [2.24, 2.45) is 0 Å². The van der Waals surface area contributed by atoms with E-state index in [0.29, 0.717) is 15.0 Å². The van der Waals surface area contributed by atoms with Gasteiger partial charge in [-0.2, -0.15) is 0 Å². The first-order chi connectivity index (χ1) is 13.0. The van der Waals surface area contributed by atoms with Crippen molar-refractivity contribution < 1.29 is 27.6 Å². The summed E-state index contributed by atoms with van der Waals surface area (Å²) in [5, 5.41) is 2.90. The van der Waals surface area contributed by atoms with Crippen LogP contribution in [0.4, 0.5) is 5.00 Å². The molecule has 152 valence electrons. The molecule has 1 amide bonds. The molecule has 0 spiro atoms. The molecule has 0 radical (unpaired) electrons. The minimum atomic E-state index is -4.05. The summed E-state index contributed by atoms with van der Waals surface area (Å²) in [4.78, 5) is 30.0. The highest BCUT2D eigenvalue weighted by atomic mass is 35.5. The first kappa shape index (κ1) is 22.3. The van der Waals surface area contributed by atoms with Gasteiger partial charge in [-0.05, 0) is 37.6 Å². The molecule has 0 atom stereocenters. The lowest BCUT2D eigenvalue weighted by atomic mass is 10.1. The van der Waals surface area contributed by atoms with Gasteiger partial charge in [0.1, 0.15) is 9.90 Å². The Morgan fingerprint density at radius 1 is 1.21 bits per heavy atom. The maximum atomic E-state index is 12.7. The van der Waals surface area contributed by atoms with Gasteiger partial charge in [0.2, 0.25) is 0 Å². The van der Waals surface area contributed by atoms with Crippen LogP contribution in [0.15, 0.2) is 23.1 Å². The molecule has 2 aromatic rings. The van der Waals surface area contributed by atoms with Crippen LogP contribution in [-0.4, -0.2) is 46.0 Å². The van der Waals surface area contributed by atoms with E-state index >= 15 is 0 Å². The molecule has 0 bridgehead atoms. The Balaban J connectivity index is 2.44. The van der Waals surface area contributed by atoms with Crippen LogP contribution in [0.3, 0.4) is 0 Å². The van der Waals surface area contributed by atoms with Crippen LogP contribution in [0.25, 0.3) is 0 Å². The number of sulfonamides is 1. The number of aryl methyl sites for hydroxylation is 1. The largest absolute Gasteiger partial charge is 0.465 e. The number of esters is 1. The molecule has 0 aliphatic rings. The molecular formula is C17H19ClN2O6S2.